The van der Waals surface area contributed by atoms with Crippen LogP contribution in [0, 0.1) is 0 Å². The van der Waals surface area contributed by atoms with Gasteiger partial charge in [0.1, 0.15) is 6.04 Å². The second-order valence-electron chi connectivity index (χ2n) is 8.90. The second-order valence-corrected chi connectivity index (χ2v) is 10.9. The Labute approximate surface area is 232 Å². The fourth-order valence-electron chi connectivity index (χ4n) is 4.68. The van der Waals surface area contributed by atoms with Crippen LogP contribution in [-0.4, -0.2) is 26.9 Å². The quantitative estimate of drug-likeness (QED) is 0.286. The molecule has 0 aliphatic carbocycles. The average Bonchev–Trinajstić information content (AvgIpc) is 3.70. The van der Waals surface area contributed by atoms with E-state index in [1.807, 2.05) is 95.1 Å². The normalized spacial score (nSPS) is 15.2. The number of thiophene rings is 1. The van der Waals surface area contributed by atoms with Gasteiger partial charge in [-0.25, -0.2) is 14.5 Å². The molecule has 2 aromatic carbocycles. The van der Waals surface area contributed by atoms with Gasteiger partial charge in [-0.2, -0.15) is 5.10 Å². The molecule has 5 aromatic rings. The van der Waals surface area contributed by atoms with E-state index in [0.29, 0.717) is 20.6 Å². The van der Waals surface area contributed by atoms with Gasteiger partial charge in [-0.1, -0.05) is 65.9 Å². The molecule has 0 unspecified atom stereocenters. The van der Waals surface area contributed by atoms with Gasteiger partial charge >= 0.3 is 5.97 Å². The molecule has 3 aromatic heterocycles. The monoisotopic (exact) mass is 552 g/mol. The number of hydrogen-bond acceptors (Lipinski definition) is 7. The van der Waals surface area contributed by atoms with Crippen molar-refractivity contribution in [1.82, 2.24) is 14.3 Å². The van der Waals surface area contributed by atoms with Crippen molar-refractivity contribution >= 4 is 34.7 Å². The molecule has 1 atom stereocenters. The van der Waals surface area contributed by atoms with E-state index in [2.05, 4.69) is 4.99 Å². The van der Waals surface area contributed by atoms with Crippen molar-refractivity contribution in [3.05, 3.63) is 126 Å². The van der Waals surface area contributed by atoms with E-state index in [1.165, 1.54) is 22.7 Å². The van der Waals surface area contributed by atoms with Gasteiger partial charge in [0, 0.05) is 22.2 Å². The van der Waals surface area contributed by atoms with Crippen LogP contribution < -0.4 is 14.9 Å². The van der Waals surface area contributed by atoms with Crippen molar-refractivity contribution in [1.29, 1.82) is 0 Å². The highest BCUT2D eigenvalue weighted by atomic mass is 32.1. The zero-order valence-corrected chi connectivity index (χ0v) is 22.9. The maximum Gasteiger partial charge on any atom is 0.338 e. The summed E-state index contributed by atoms with van der Waals surface area (Å²) in [6, 6.07) is 23.0. The molecule has 0 radical (unpaired) electrons. The Kier molecular flexibility index (Phi) is 6.68. The predicted molar refractivity (Wildman–Crippen MR) is 154 cm³/mol. The molecule has 0 saturated heterocycles. The highest BCUT2D eigenvalue weighted by molar-refractivity contribution is 7.10. The molecule has 9 heteroatoms. The summed E-state index contributed by atoms with van der Waals surface area (Å²) in [6.45, 7) is 3.80. The van der Waals surface area contributed by atoms with Crippen molar-refractivity contribution in [2.45, 2.75) is 19.9 Å². The first-order chi connectivity index (χ1) is 19.0. The highest BCUT2D eigenvalue weighted by Gasteiger charge is 2.34. The lowest BCUT2D eigenvalue weighted by molar-refractivity contribution is -0.139. The third kappa shape index (κ3) is 4.60. The van der Waals surface area contributed by atoms with E-state index in [1.54, 1.807) is 18.4 Å². The zero-order valence-electron chi connectivity index (χ0n) is 21.3. The van der Waals surface area contributed by atoms with E-state index in [9.17, 15) is 9.59 Å². The summed E-state index contributed by atoms with van der Waals surface area (Å²) < 4.78 is 9.31. The van der Waals surface area contributed by atoms with E-state index < -0.39 is 12.0 Å². The fraction of sp³-hybridized carbons (Fsp3) is 0.133. The number of aromatic nitrogens is 3. The number of carbonyl (C=O) groups excluding carboxylic acids is 1. The number of hydrogen-bond donors (Lipinski definition) is 0. The lowest BCUT2D eigenvalue weighted by Crippen LogP contribution is -2.39. The molecular weight excluding hydrogens is 528 g/mol. The first kappa shape index (κ1) is 25.0. The second kappa shape index (κ2) is 10.4. The number of benzene rings is 2. The summed E-state index contributed by atoms with van der Waals surface area (Å²) in [5.41, 5.74) is 4.18. The van der Waals surface area contributed by atoms with Crippen LogP contribution in [0.3, 0.4) is 0 Å². The summed E-state index contributed by atoms with van der Waals surface area (Å²) in [4.78, 5) is 33.1. The van der Waals surface area contributed by atoms with Crippen LogP contribution in [0.25, 0.3) is 23.0 Å². The summed E-state index contributed by atoms with van der Waals surface area (Å²) in [7, 11) is 0. The molecule has 194 valence electrons. The largest absolute Gasteiger partial charge is 0.463 e. The first-order valence-electron chi connectivity index (χ1n) is 12.5. The van der Waals surface area contributed by atoms with E-state index in [-0.39, 0.29) is 12.2 Å². The topological polar surface area (TPSA) is 78.5 Å². The van der Waals surface area contributed by atoms with Crippen LogP contribution >= 0.6 is 22.7 Å². The predicted octanol–water partition coefficient (Wildman–Crippen LogP) is 4.71. The molecule has 0 spiro atoms. The summed E-state index contributed by atoms with van der Waals surface area (Å²) in [5.74, 6) is -0.457. The van der Waals surface area contributed by atoms with Crippen molar-refractivity contribution in [3.8, 4) is 16.9 Å². The SMILES string of the molecule is CCOC(=O)C1=C(C)N=c2s/c(=C\c3cn(-c4ccccc4)nc3-c3ccccc3)c(=O)n2[C@@H]1c1cccs1. The number of rotatable bonds is 6. The smallest absolute Gasteiger partial charge is 0.338 e. The van der Waals surface area contributed by atoms with Crippen molar-refractivity contribution in [2.75, 3.05) is 6.61 Å². The third-order valence-corrected chi connectivity index (χ3v) is 8.33. The van der Waals surface area contributed by atoms with Gasteiger partial charge in [-0.05, 0) is 43.5 Å². The molecule has 0 saturated carbocycles. The Hall–Kier alpha value is -4.34. The number of ether oxygens (including phenoxy) is 1. The first-order valence-corrected chi connectivity index (χ1v) is 14.2. The van der Waals surface area contributed by atoms with Gasteiger partial charge in [0.05, 0.1) is 33.8 Å². The van der Waals surface area contributed by atoms with Gasteiger partial charge in [0.2, 0.25) is 0 Å². The Morgan fingerprint density at radius 2 is 1.79 bits per heavy atom. The molecule has 4 heterocycles. The average molecular weight is 553 g/mol. The number of fused-ring (bicyclic) bond motifs is 1. The van der Waals surface area contributed by atoms with Crippen LogP contribution in [-0.2, 0) is 9.53 Å². The number of nitrogens with zero attached hydrogens (tertiary/aromatic N) is 4. The lowest BCUT2D eigenvalue weighted by atomic mass is 10.0. The fourth-order valence-corrected chi connectivity index (χ4v) is 6.54. The number of esters is 1. The molecule has 0 bridgehead atoms. The van der Waals surface area contributed by atoms with Gasteiger partial charge in [-0.15, -0.1) is 11.3 Å². The maximum absolute atomic E-state index is 14.0. The molecule has 0 N–H and O–H groups in total. The molecule has 1 aliphatic rings. The molecule has 7 nitrogen and oxygen atoms in total. The van der Waals surface area contributed by atoms with Gasteiger partial charge in [-0.3, -0.25) is 9.36 Å². The van der Waals surface area contributed by atoms with Gasteiger partial charge in [0.15, 0.2) is 4.80 Å². The minimum Gasteiger partial charge on any atom is -0.463 e. The molecule has 39 heavy (non-hydrogen) atoms. The molecule has 0 fully saturated rings. The van der Waals surface area contributed by atoms with Gasteiger partial charge < -0.3 is 4.74 Å². The summed E-state index contributed by atoms with van der Waals surface area (Å²) in [5, 5.41) is 6.81. The van der Waals surface area contributed by atoms with Crippen molar-refractivity contribution in [3.63, 3.8) is 0 Å². The summed E-state index contributed by atoms with van der Waals surface area (Å²) in [6.07, 6.45) is 3.80. The highest BCUT2D eigenvalue weighted by Crippen LogP contribution is 2.33. The maximum atomic E-state index is 14.0. The van der Waals surface area contributed by atoms with Crippen LogP contribution in [0.2, 0.25) is 0 Å². The minimum absolute atomic E-state index is 0.210. The number of para-hydroxylation sites is 1. The van der Waals surface area contributed by atoms with E-state index >= 15 is 0 Å². The van der Waals surface area contributed by atoms with Crippen LogP contribution in [0.15, 0.2) is 105 Å². The third-order valence-electron chi connectivity index (χ3n) is 6.43. The van der Waals surface area contributed by atoms with E-state index in [0.717, 1.165) is 27.4 Å². The molecule has 1 aliphatic heterocycles. The number of thiazole rings is 1. The van der Waals surface area contributed by atoms with Crippen molar-refractivity contribution < 1.29 is 9.53 Å². The molecule has 0 amide bonds. The van der Waals surface area contributed by atoms with Crippen LogP contribution in [0.1, 0.15) is 30.3 Å². The standard InChI is InChI=1S/C30H24N4O3S2/c1-3-37-29(36)25-19(2)31-30-34(27(25)23-15-10-16-38-23)28(35)24(39-30)17-21-18-33(22-13-8-5-9-14-22)32-26(21)20-11-6-4-7-12-20/h4-18,27H,3H2,1-2H3/b24-17-/t27-/m1/s1. The number of carbonyl (C=O) groups is 1. The Morgan fingerprint density at radius 3 is 2.49 bits per heavy atom. The van der Waals surface area contributed by atoms with Gasteiger partial charge in [0.25, 0.3) is 5.56 Å². The number of allylic oxidation sites excluding steroid dienone is 1. The zero-order chi connectivity index (χ0) is 26.9. The molecular formula is C30H24N4O3S2. The van der Waals surface area contributed by atoms with E-state index in [4.69, 9.17) is 9.84 Å². The van der Waals surface area contributed by atoms with Crippen LogP contribution in [0.5, 0.6) is 0 Å². The lowest BCUT2D eigenvalue weighted by Gasteiger charge is -2.23. The summed E-state index contributed by atoms with van der Waals surface area (Å²) >= 11 is 2.80. The molecule has 6 rings (SSSR count). The Bertz CT molecular complexity index is 1870. The Balaban J connectivity index is 1.55. The minimum atomic E-state index is -0.594. The Morgan fingerprint density at radius 1 is 1.05 bits per heavy atom. The van der Waals surface area contributed by atoms with Crippen molar-refractivity contribution in [2.24, 2.45) is 4.99 Å². The van der Waals surface area contributed by atoms with Crippen LogP contribution in [0.4, 0.5) is 0 Å².